The summed E-state index contributed by atoms with van der Waals surface area (Å²) in [7, 11) is 1.87. The predicted molar refractivity (Wildman–Crippen MR) is 156 cm³/mol. The van der Waals surface area contributed by atoms with Gasteiger partial charge in [0.05, 0.1) is 11.4 Å². The Kier molecular flexibility index (Phi) is 7.47. The van der Waals surface area contributed by atoms with E-state index in [-0.39, 0.29) is 17.2 Å². The molecule has 2 heterocycles. The molecule has 0 saturated heterocycles. The van der Waals surface area contributed by atoms with Crippen LogP contribution in [-0.2, 0) is 24.7 Å². The summed E-state index contributed by atoms with van der Waals surface area (Å²) in [5.74, 6) is -0.0357. The van der Waals surface area contributed by atoms with Crippen molar-refractivity contribution >= 4 is 34.4 Å². The molecule has 5 aromatic rings. The largest absolute Gasteiger partial charge is 0.344 e. The standard InChI is InChI=1S/C31H30N4O2S/c1-4-21-11-15-24(16-12-21)32-27(36)20-38-31-33-28-26(23-9-7-6-8-10-23)19-34(3)29(28)30(37)35(31)25-17-13-22(5-2)14-18-25/h6-19H,4-5,20H2,1-3H3,(H,32,36). The van der Waals surface area contributed by atoms with Gasteiger partial charge in [-0.25, -0.2) is 4.98 Å². The highest BCUT2D eigenvalue weighted by molar-refractivity contribution is 7.99. The molecule has 1 N–H and O–H groups in total. The van der Waals surface area contributed by atoms with Gasteiger partial charge in [-0.15, -0.1) is 0 Å². The third-order valence-corrected chi connectivity index (χ3v) is 7.56. The van der Waals surface area contributed by atoms with Gasteiger partial charge in [0.2, 0.25) is 5.91 Å². The molecule has 0 saturated carbocycles. The molecule has 0 fully saturated rings. The molecule has 3 aromatic carbocycles. The predicted octanol–water partition coefficient (Wildman–Crippen LogP) is 6.25. The number of carbonyl (C=O) groups excluding carboxylic acids is 1. The van der Waals surface area contributed by atoms with E-state index >= 15 is 0 Å². The fourth-order valence-corrected chi connectivity index (χ4v) is 5.31. The second kappa shape index (κ2) is 11.1. The van der Waals surface area contributed by atoms with Crippen molar-refractivity contribution in [1.82, 2.24) is 14.1 Å². The fraction of sp³-hybridized carbons (Fsp3) is 0.194. The summed E-state index contributed by atoms with van der Waals surface area (Å²) in [6.07, 6.45) is 3.80. The number of rotatable bonds is 8. The van der Waals surface area contributed by atoms with Gasteiger partial charge < -0.3 is 9.88 Å². The first kappa shape index (κ1) is 25.5. The van der Waals surface area contributed by atoms with Crippen LogP contribution in [0.3, 0.4) is 0 Å². The molecule has 5 rings (SSSR count). The van der Waals surface area contributed by atoms with Crippen LogP contribution in [0.2, 0.25) is 0 Å². The van der Waals surface area contributed by atoms with E-state index in [0.717, 1.165) is 35.3 Å². The van der Waals surface area contributed by atoms with Gasteiger partial charge in [-0.05, 0) is 53.8 Å². The number of hydrogen-bond acceptors (Lipinski definition) is 4. The van der Waals surface area contributed by atoms with Crippen LogP contribution in [0.4, 0.5) is 5.69 Å². The number of aromatic nitrogens is 3. The second-order valence-electron chi connectivity index (χ2n) is 9.16. The first-order valence-corrected chi connectivity index (χ1v) is 13.8. The van der Waals surface area contributed by atoms with E-state index in [2.05, 4.69) is 19.2 Å². The molecule has 0 aliphatic heterocycles. The summed E-state index contributed by atoms with van der Waals surface area (Å²) in [5.41, 5.74) is 6.72. The Labute approximate surface area is 226 Å². The van der Waals surface area contributed by atoms with E-state index in [0.29, 0.717) is 16.2 Å². The lowest BCUT2D eigenvalue weighted by Crippen LogP contribution is -2.24. The molecular weight excluding hydrogens is 492 g/mol. The van der Waals surface area contributed by atoms with Crippen LogP contribution in [-0.4, -0.2) is 25.8 Å². The van der Waals surface area contributed by atoms with Crippen LogP contribution in [0.1, 0.15) is 25.0 Å². The van der Waals surface area contributed by atoms with E-state index in [1.807, 2.05) is 96.7 Å². The number of nitrogens with one attached hydrogen (secondary N) is 1. The zero-order valence-corrected chi connectivity index (χ0v) is 22.6. The van der Waals surface area contributed by atoms with Crippen molar-refractivity contribution in [2.45, 2.75) is 31.8 Å². The summed E-state index contributed by atoms with van der Waals surface area (Å²) >= 11 is 1.26. The third-order valence-electron chi connectivity index (χ3n) is 6.63. The first-order valence-electron chi connectivity index (χ1n) is 12.8. The minimum Gasteiger partial charge on any atom is -0.344 e. The van der Waals surface area contributed by atoms with Gasteiger partial charge in [-0.3, -0.25) is 14.2 Å². The maximum atomic E-state index is 14.0. The molecule has 0 spiro atoms. The van der Waals surface area contributed by atoms with Crippen molar-refractivity contribution in [1.29, 1.82) is 0 Å². The molecule has 7 heteroatoms. The van der Waals surface area contributed by atoms with Crippen molar-refractivity contribution < 1.29 is 4.79 Å². The van der Waals surface area contributed by atoms with Gasteiger partial charge in [0.25, 0.3) is 5.56 Å². The Morgan fingerprint density at radius 2 is 1.53 bits per heavy atom. The quantitative estimate of drug-likeness (QED) is 0.193. The molecule has 0 unspecified atom stereocenters. The van der Waals surface area contributed by atoms with Crippen LogP contribution in [0.5, 0.6) is 0 Å². The summed E-state index contributed by atoms with van der Waals surface area (Å²) in [5, 5.41) is 3.43. The lowest BCUT2D eigenvalue weighted by molar-refractivity contribution is -0.113. The number of nitrogens with zero attached hydrogens (tertiary/aromatic N) is 3. The SMILES string of the molecule is CCc1ccc(NC(=O)CSc2nc3c(-c4ccccc4)cn(C)c3c(=O)n2-c2ccc(CC)cc2)cc1. The molecule has 0 aliphatic rings. The second-order valence-corrected chi connectivity index (χ2v) is 10.1. The highest BCUT2D eigenvalue weighted by Gasteiger charge is 2.20. The smallest absolute Gasteiger partial charge is 0.283 e. The minimum absolute atomic E-state index is 0.119. The normalized spacial score (nSPS) is 11.1. The average molecular weight is 523 g/mol. The van der Waals surface area contributed by atoms with Gasteiger partial charge >= 0.3 is 0 Å². The lowest BCUT2D eigenvalue weighted by atomic mass is 10.1. The number of carbonyl (C=O) groups is 1. The van der Waals surface area contributed by atoms with Crippen LogP contribution < -0.4 is 10.9 Å². The van der Waals surface area contributed by atoms with E-state index in [1.165, 1.54) is 22.9 Å². The fourth-order valence-electron chi connectivity index (χ4n) is 4.50. The number of benzene rings is 3. The number of fused-ring (bicyclic) bond motifs is 1. The molecule has 1 amide bonds. The van der Waals surface area contributed by atoms with Crippen molar-refractivity contribution in [2.24, 2.45) is 7.05 Å². The van der Waals surface area contributed by atoms with Crippen molar-refractivity contribution in [3.63, 3.8) is 0 Å². The third kappa shape index (κ3) is 5.15. The molecule has 0 bridgehead atoms. The Bertz CT molecular complexity index is 1640. The highest BCUT2D eigenvalue weighted by Crippen LogP contribution is 2.30. The molecule has 0 atom stereocenters. The van der Waals surface area contributed by atoms with Gasteiger partial charge in [-0.2, -0.15) is 0 Å². The van der Waals surface area contributed by atoms with Crippen LogP contribution in [0.15, 0.2) is 95.0 Å². The zero-order valence-electron chi connectivity index (χ0n) is 21.8. The molecule has 0 aliphatic carbocycles. The monoisotopic (exact) mass is 522 g/mol. The molecular formula is C31H30N4O2S. The maximum absolute atomic E-state index is 14.0. The van der Waals surface area contributed by atoms with Gasteiger partial charge in [0, 0.05) is 24.5 Å². The number of amides is 1. The van der Waals surface area contributed by atoms with Gasteiger partial charge in [0.1, 0.15) is 11.0 Å². The Balaban J connectivity index is 1.55. The van der Waals surface area contributed by atoms with E-state index in [4.69, 9.17) is 4.98 Å². The summed E-state index contributed by atoms with van der Waals surface area (Å²) in [4.78, 5) is 31.8. The van der Waals surface area contributed by atoms with Crippen LogP contribution in [0, 0.1) is 0 Å². The lowest BCUT2D eigenvalue weighted by Gasteiger charge is -2.14. The maximum Gasteiger partial charge on any atom is 0.283 e. The zero-order chi connectivity index (χ0) is 26.6. The number of aryl methyl sites for hydroxylation is 3. The molecule has 192 valence electrons. The van der Waals surface area contributed by atoms with Crippen molar-refractivity contribution in [2.75, 3.05) is 11.1 Å². The highest BCUT2D eigenvalue weighted by atomic mass is 32.2. The van der Waals surface area contributed by atoms with E-state index < -0.39 is 0 Å². The van der Waals surface area contributed by atoms with Gasteiger partial charge in [0.15, 0.2) is 5.16 Å². The van der Waals surface area contributed by atoms with Gasteiger partial charge in [-0.1, -0.05) is 80.2 Å². The van der Waals surface area contributed by atoms with Crippen LogP contribution >= 0.6 is 11.8 Å². The van der Waals surface area contributed by atoms with E-state index in [1.54, 1.807) is 4.57 Å². The molecule has 6 nitrogen and oxygen atoms in total. The summed E-state index contributed by atoms with van der Waals surface area (Å²) < 4.78 is 3.45. The summed E-state index contributed by atoms with van der Waals surface area (Å²) in [6.45, 7) is 4.19. The molecule has 38 heavy (non-hydrogen) atoms. The molecule has 0 radical (unpaired) electrons. The molecule has 2 aromatic heterocycles. The number of hydrogen-bond donors (Lipinski definition) is 1. The minimum atomic E-state index is -0.165. The topological polar surface area (TPSA) is 68.9 Å². The number of thioether (sulfide) groups is 1. The van der Waals surface area contributed by atoms with Crippen molar-refractivity contribution in [3.05, 3.63) is 107 Å². The first-order chi connectivity index (χ1) is 18.5. The van der Waals surface area contributed by atoms with Crippen LogP contribution in [0.25, 0.3) is 27.8 Å². The Hall–Kier alpha value is -4.10. The Morgan fingerprint density at radius 3 is 2.16 bits per heavy atom. The number of anilines is 1. The van der Waals surface area contributed by atoms with E-state index in [9.17, 15) is 9.59 Å². The average Bonchev–Trinajstić information content (AvgIpc) is 3.29. The van der Waals surface area contributed by atoms with Crippen molar-refractivity contribution in [3.8, 4) is 16.8 Å². The Morgan fingerprint density at radius 1 is 0.895 bits per heavy atom. The summed E-state index contributed by atoms with van der Waals surface area (Å²) in [6, 6.07) is 25.7.